The lowest BCUT2D eigenvalue weighted by Crippen LogP contribution is -1.77. The van der Waals surface area contributed by atoms with Crippen molar-refractivity contribution in [3.05, 3.63) is 34.2 Å². The van der Waals surface area contributed by atoms with Crippen molar-refractivity contribution < 1.29 is 4.52 Å². The van der Waals surface area contributed by atoms with Crippen LogP contribution in [0, 0.1) is 3.70 Å². The van der Waals surface area contributed by atoms with Crippen molar-refractivity contribution in [1.82, 2.24) is 10.1 Å². The summed E-state index contributed by atoms with van der Waals surface area (Å²) < 4.78 is 6.05. The Kier molecular flexibility index (Phi) is 1.70. The predicted molar refractivity (Wildman–Crippen MR) is 62.0 cm³/mol. The SMILES string of the molecule is Ic1noc2cc3ncccc3cc12. The highest BCUT2D eigenvalue weighted by molar-refractivity contribution is 14.1. The number of hydrogen-bond donors (Lipinski definition) is 0. The number of pyridine rings is 1. The molecule has 0 unspecified atom stereocenters. The van der Waals surface area contributed by atoms with E-state index in [-0.39, 0.29) is 0 Å². The molecule has 0 aliphatic heterocycles. The molecule has 68 valence electrons. The van der Waals surface area contributed by atoms with Gasteiger partial charge in [-0.3, -0.25) is 4.98 Å². The van der Waals surface area contributed by atoms with Crippen LogP contribution in [0.15, 0.2) is 35.0 Å². The van der Waals surface area contributed by atoms with E-state index in [2.05, 4.69) is 38.8 Å². The van der Waals surface area contributed by atoms with Gasteiger partial charge in [0.15, 0.2) is 9.28 Å². The molecule has 0 saturated heterocycles. The largest absolute Gasteiger partial charge is 0.355 e. The Morgan fingerprint density at radius 2 is 2.21 bits per heavy atom. The smallest absolute Gasteiger partial charge is 0.170 e. The number of benzene rings is 1. The molecule has 3 rings (SSSR count). The standard InChI is InChI=1S/C10H5IN2O/c11-10-7-4-6-2-1-3-12-8(6)5-9(7)14-13-10/h1-5H. The number of nitrogens with zero attached hydrogens (tertiary/aromatic N) is 2. The molecule has 0 amide bonds. The fraction of sp³-hybridized carbons (Fsp3) is 0. The molecular formula is C10H5IN2O. The lowest BCUT2D eigenvalue weighted by Gasteiger charge is -1.94. The normalized spacial score (nSPS) is 11.2. The Labute approximate surface area is 93.2 Å². The molecular weight excluding hydrogens is 291 g/mol. The van der Waals surface area contributed by atoms with Crippen LogP contribution < -0.4 is 0 Å². The zero-order valence-electron chi connectivity index (χ0n) is 7.07. The van der Waals surface area contributed by atoms with E-state index in [1.54, 1.807) is 6.20 Å². The van der Waals surface area contributed by atoms with E-state index < -0.39 is 0 Å². The molecule has 2 heterocycles. The van der Waals surface area contributed by atoms with Gasteiger partial charge in [-0.05, 0) is 34.7 Å². The van der Waals surface area contributed by atoms with Crippen molar-refractivity contribution in [3.63, 3.8) is 0 Å². The molecule has 0 aliphatic rings. The van der Waals surface area contributed by atoms with Gasteiger partial charge in [0.25, 0.3) is 0 Å². The van der Waals surface area contributed by atoms with E-state index in [9.17, 15) is 0 Å². The van der Waals surface area contributed by atoms with Crippen molar-refractivity contribution in [2.75, 3.05) is 0 Å². The summed E-state index contributed by atoms with van der Waals surface area (Å²) in [5.74, 6) is 0. The lowest BCUT2D eigenvalue weighted by atomic mass is 10.2. The Morgan fingerprint density at radius 1 is 1.29 bits per heavy atom. The van der Waals surface area contributed by atoms with Crippen LogP contribution in [0.4, 0.5) is 0 Å². The monoisotopic (exact) mass is 296 g/mol. The first-order valence-corrected chi connectivity index (χ1v) is 5.22. The Hall–Kier alpha value is -1.17. The van der Waals surface area contributed by atoms with Crippen molar-refractivity contribution in [1.29, 1.82) is 0 Å². The minimum atomic E-state index is 0.792. The summed E-state index contributed by atoms with van der Waals surface area (Å²) in [4.78, 5) is 4.25. The molecule has 0 atom stereocenters. The van der Waals surface area contributed by atoms with E-state index >= 15 is 0 Å². The number of aromatic nitrogens is 2. The highest BCUT2D eigenvalue weighted by Gasteiger charge is 2.06. The molecule has 1 aromatic carbocycles. The maximum atomic E-state index is 5.16. The summed E-state index contributed by atoms with van der Waals surface area (Å²) in [6.45, 7) is 0. The van der Waals surface area contributed by atoms with Crippen LogP contribution in [0.25, 0.3) is 21.9 Å². The fourth-order valence-electron chi connectivity index (χ4n) is 1.48. The van der Waals surface area contributed by atoms with Crippen LogP contribution in [0.3, 0.4) is 0 Å². The summed E-state index contributed by atoms with van der Waals surface area (Å²) >= 11 is 2.16. The summed E-state index contributed by atoms with van der Waals surface area (Å²) in [5, 5.41) is 6.06. The molecule has 2 aromatic heterocycles. The van der Waals surface area contributed by atoms with Gasteiger partial charge < -0.3 is 4.52 Å². The third-order valence-corrected chi connectivity index (χ3v) is 2.93. The highest BCUT2D eigenvalue weighted by atomic mass is 127. The topological polar surface area (TPSA) is 38.9 Å². The Balaban J connectivity index is 2.54. The van der Waals surface area contributed by atoms with Crippen LogP contribution in [0.5, 0.6) is 0 Å². The van der Waals surface area contributed by atoms with Crippen molar-refractivity contribution in [2.45, 2.75) is 0 Å². The maximum Gasteiger partial charge on any atom is 0.170 e. The minimum Gasteiger partial charge on any atom is -0.355 e. The first-order valence-electron chi connectivity index (χ1n) is 4.14. The number of rotatable bonds is 0. The lowest BCUT2D eigenvalue weighted by molar-refractivity contribution is 0.451. The van der Waals surface area contributed by atoms with Crippen molar-refractivity contribution in [2.24, 2.45) is 0 Å². The molecule has 14 heavy (non-hydrogen) atoms. The molecule has 0 fully saturated rings. The van der Waals surface area contributed by atoms with Crippen LogP contribution in [-0.4, -0.2) is 10.1 Å². The summed E-state index contributed by atoms with van der Waals surface area (Å²) in [5.41, 5.74) is 1.73. The molecule has 0 aliphatic carbocycles. The average molecular weight is 296 g/mol. The number of hydrogen-bond acceptors (Lipinski definition) is 3. The first kappa shape index (κ1) is 8.16. The van der Waals surface area contributed by atoms with Crippen LogP contribution in [0.2, 0.25) is 0 Å². The van der Waals surface area contributed by atoms with Crippen LogP contribution >= 0.6 is 22.6 Å². The second kappa shape index (κ2) is 2.91. The zero-order valence-corrected chi connectivity index (χ0v) is 9.22. The van der Waals surface area contributed by atoms with E-state index in [4.69, 9.17) is 4.52 Å². The summed E-state index contributed by atoms with van der Waals surface area (Å²) in [6, 6.07) is 7.93. The van der Waals surface area contributed by atoms with Gasteiger partial charge in [0.05, 0.1) is 10.9 Å². The van der Waals surface area contributed by atoms with E-state index in [1.807, 2.05) is 18.2 Å². The molecule has 4 heteroatoms. The zero-order chi connectivity index (χ0) is 9.54. The molecule has 0 saturated carbocycles. The van der Waals surface area contributed by atoms with Gasteiger partial charge in [-0.25, -0.2) is 0 Å². The predicted octanol–water partition coefficient (Wildman–Crippen LogP) is 2.98. The fourth-order valence-corrected chi connectivity index (χ4v) is 2.00. The van der Waals surface area contributed by atoms with Gasteiger partial charge in [-0.2, -0.15) is 0 Å². The van der Waals surface area contributed by atoms with Crippen LogP contribution in [-0.2, 0) is 0 Å². The van der Waals surface area contributed by atoms with Gasteiger partial charge in [0.2, 0.25) is 0 Å². The number of fused-ring (bicyclic) bond motifs is 2. The molecule has 3 nitrogen and oxygen atoms in total. The quantitative estimate of drug-likeness (QED) is 0.599. The average Bonchev–Trinajstić information content (AvgIpc) is 2.57. The third-order valence-electron chi connectivity index (χ3n) is 2.15. The van der Waals surface area contributed by atoms with Gasteiger partial charge >= 0.3 is 0 Å². The first-order chi connectivity index (χ1) is 6.84. The van der Waals surface area contributed by atoms with Gasteiger partial charge in [-0.15, -0.1) is 0 Å². The molecule has 0 radical (unpaired) electrons. The van der Waals surface area contributed by atoms with E-state index in [0.717, 1.165) is 25.6 Å². The number of halogens is 1. The van der Waals surface area contributed by atoms with E-state index in [0.29, 0.717) is 0 Å². The molecule has 0 N–H and O–H groups in total. The summed E-state index contributed by atoms with van der Waals surface area (Å²) in [7, 11) is 0. The van der Waals surface area contributed by atoms with Gasteiger partial charge in [0.1, 0.15) is 0 Å². The van der Waals surface area contributed by atoms with E-state index in [1.165, 1.54) is 0 Å². The Bertz CT molecular complexity index is 618. The minimum absolute atomic E-state index is 0.792. The molecule has 3 aromatic rings. The third kappa shape index (κ3) is 1.10. The Morgan fingerprint density at radius 3 is 3.14 bits per heavy atom. The van der Waals surface area contributed by atoms with Crippen molar-refractivity contribution in [3.8, 4) is 0 Å². The maximum absolute atomic E-state index is 5.16. The molecule has 0 spiro atoms. The van der Waals surface area contributed by atoms with Gasteiger partial charge in [-0.1, -0.05) is 11.2 Å². The summed E-state index contributed by atoms with van der Waals surface area (Å²) in [6.07, 6.45) is 1.77. The molecule has 0 bridgehead atoms. The van der Waals surface area contributed by atoms with Gasteiger partial charge in [0, 0.05) is 17.6 Å². The van der Waals surface area contributed by atoms with Crippen LogP contribution in [0.1, 0.15) is 0 Å². The van der Waals surface area contributed by atoms with Crippen molar-refractivity contribution >= 4 is 44.5 Å². The second-order valence-corrected chi connectivity index (χ2v) is 4.04. The highest BCUT2D eigenvalue weighted by Crippen LogP contribution is 2.24. The second-order valence-electron chi connectivity index (χ2n) is 3.02.